The molecule has 130 valence electrons. The van der Waals surface area contributed by atoms with Crippen LogP contribution in [0.15, 0.2) is 53.9 Å². The topological polar surface area (TPSA) is 38.3 Å². The molecule has 2 aromatic carbocycles. The van der Waals surface area contributed by atoms with Crippen LogP contribution in [0.25, 0.3) is 10.1 Å². The maximum Gasteiger partial charge on any atom is 0.263 e. The highest BCUT2D eigenvalue weighted by Crippen LogP contribution is 2.25. The van der Waals surface area contributed by atoms with Gasteiger partial charge >= 0.3 is 0 Å². The van der Waals surface area contributed by atoms with E-state index in [1.807, 2.05) is 12.1 Å². The molecule has 3 aromatic rings. The number of ether oxygens (including phenoxy) is 1. The fourth-order valence-corrected chi connectivity index (χ4v) is 3.59. The summed E-state index contributed by atoms with van der Waals surface area (Å²) in [6, 6.07) is 13.9. The Bertz CT molecular complexity index is 871. The normalized spacial score (nSPS) is 11.5. The summed E-state index contributed by atoms with van der Waals surface area (Å²) in [7, 11) is 0. The van der Waals surface area contributed by atoms with E-state index in [4.69, 9.17) is 4.74 Å². The Kier molecular flexibility index (Phi) is 5.04. The monoisotopic (exact) mass is 357 g/mol. The van der Waals surface area contributed by atoms with Gasteiger partial charge in [0.15, 0.2) is 5.60 Å². The number of benzene rings is 2. The van der Waals surface area contributed by atoms with Gasteiger partial charge in [-0.1, -0.05) is 18.2 Å². The molecule has 0 fully saturated rings. The first-order valence-electron chi connectivity index (χ1n) is 8.14. The largest absolute Gasteiger partial charge is 0.478 e. The van der Waals surface area contributed by atoms with Gasteiger partial charge in [-0.2, -0.15) is 0 Å². The van der Waals surface area contributed by atoms with Crippen LogP contribution >= 0.6 is 11.3 Å². The van der Waals surface area contributed by atoms with Crippen LogP contribution in [-0.4, -0.2) is 18.1 Å². The molecule has 0 spiro atoms. The summed E-state index contributed by atoms with van der Waals surface area (Å²) in [5.41, 5.74) is 0.201. The standard InChI is InChI=1S/C20H20FNO2S/c1-20(2,24-16-9-7-15(21)8-10-16)19(23)22-12-11-14-13-25-18-6-4-3-5-17(14)18/h3-10,13H,11-12H2,1-2H3,(H,22,23). The van der Waals surface area contributed by atoms with Gasteiger partial charge in [0.2, 0.25) is 0 Å². The molecule has 25 heavy (non-hydrogen) atoms. The number of rotatable bonds is 6. The van der Waals surface area contributed by atoms with Crippen molar-refractivity contribution in [1.29, 1.82) is 0 Å². The highest BCUT2D eigenvalue weighted by molar-refractivity contribution is 7.17. The number of amides is 1. The minimum atomic E-state index is -1.03. The molecule has 1 aromatic heterocycles. The van der Waals surface area contributed by atoms with Gasteiger partial charge < -0.3 is 10.1 Å². The average Bonchev–Trinajstić information content (AvgIpc) is 3.00. The van der Waals surface area contributed by atoms with Crippen LogP contribution in [-0.2, 0) is 11.2 Å². The molecule has 0 aliphatic heterocycles. The van der Waals surface area contributed by atoms with Crippen molar-refractivity contribution in [2.24, 2.45) is 0 Å². The molecule has 0 atom stereocenters. The number of carbonyl (C=O) groups is 1. The van der Waals surface area contributed by atoms with Gasteiger partial charge in [0.05, 0.1) is 0 Å². The molecule has 3 rings (SSSR count). The lowest BCUT2D eigenvalue weighted by Crippen LogP contribution is -2.47. The van der Waals surface area contributed by atoms with E-state index >= 15 is 0 Å². The van der Waals surface area contributed by atoms with Crippen LogP contribution in [0.2, 0.25) is 0 Å². The zero-order valence-electron chi connectivity index (χ0n) is 14.2. The molecular weight excluding hydrogens is 337 g/mol. The molecule has 0 saturated carbocycles. The van der Waals surface area contributed by atoms with Gasteiger partial charge in [0.25, 0.3) is 5.91 Å². The summed E-state index contributed by atoms with van der Waals surface area (Å²) in [5, 5.41) is 6.30. The highest BCUT2D eigenvalue weighted by atomic mass is 32.1. The Hall–Kier alpha value is -2.40. The van der Waals surface area contributed by atoms with E-state index in [-0.39, 0.29) is 11.7 Å². The predicted molar refractivity (Wildman–Crippen MR) is 99.6 cm³/mol. The van der Waals surface area contributed by atoms with E-state index in [0.29, 0.717) is 12.3 Å². The second kappa shape index (κ2) is 7.23. The van der Waals surface area contributed by atoms with Crippen molar-refractivity contribution >= 4 is 27.3 Å². The Labute approximate surface area is 150 Å². The molecular formula is C20H20FNO2S. The molecule has 0 saturated heterocycles. The first-order valence-corrected chi connectivity index (χ1v) is 9.02. The van der Waals surface area contributed by atoms with Crippen LogP contribution < -0.4 is 10.1 Å². The molecule has 0 aliphatic rings. The number of thiophene rings is 1. The zero-order valence-corrected chi connectivity index (χ0v) is 15.0. The number of carbonyl (C=O) groups excluding carboxylic acids is 1. The summed E-state index contributed by atoms with van der Waals surface area (Å²) in [6.45, 7) is 3.94. The van der Waals surface area contributed by atoms with Crippen LogP contribution in [0.1, 0.15) is 19.4 Å². The molecule has 1 amide bonds. The number of hydrogen-bond donors (Lipinski definition) is 1. The van der Waals surface area contributed by atoms with Crippen LogP contribution in [0.5, 0.6) is 5.75 Å². The highest BCUT2D eigenvalue weighted by Gasteiger charge is 2.29. The lowest BCUT2D eigenvalue weighted by Gasteiger charge is -2.25. The van der Waals surface area contributed by atoms with Crippen molar-refractivity contribution in [2.75, 3.05) is 6.54 Å². The molecule has 1 heterocycles. The minimum Gasteiger partial charge on any atom is -0.478 e. The number of fused-ring (bicyclic) bond motifs is 1. The Morgan fingerprint density at radius 2 is 1.88 bits per heavy atom. The van der Waals surface area contributed by atoms with Crippen molar-refractivity contribution < 1.29 is 13.9 Å². The van der Waals surface area contributed by atoms with Crippen LogP contribution in [0.4, 0.5) is 4.39 Å². The predicted octanol–water partition coefficient (Wildman–Crippen LogP) is 4.56. The van der Waals surface area contributed by atoms with E-state index in [2.05, 4.69) is 22.8 Å². The summed E-state index contributed by atoms with van der Waals surface area (Å²) in [6.07, 6.45) is 0.766. The van der Waals surface area contributed by atoms with Crippen LogP contribution in [0.3, 0.4) is 0 Å². The third-order valence-electron chi connectivity index (χ3n) is 3.97. The summed E-state index contributed by atoms with van der Waals surface area (Å²) < 4.78 is 19.9. The lowest BCUT2D eigenvalue weighted by molar-refractivity contribution is -0.134. The van der Waals surface area contributed by atoms with Crippen molar-refractivity contribution in [3.8, 4) is 5.75 Å². The van der Waals surface area contributed by atoms with E-state index in [9.17, 15) is 9.18 Å². The minimum absolute atomic E-state index is 0.198. The van der Waals surface area contributed by atoms with E-state index in [1.165, 1.54) is 39.9 Å². The second-order valence-corrected chi connectivity index (χ2v) is 7.24. The Morgan fingerprint density at radius 1 is 1.16 bits per heavy atom. The second-order valence-electron chi connectivity index (χ2n) is 6.33. The van der Waals surface area contributed by atoms with Gasteiger partial charge in [-0.15, -0.1) is 11.3 Å². The fraction of sp³-hybridized carbons (Fsp3) is 0.250. The molecule has 0 unspecified atom stereocenters. The smallest absolute Gasteiger partial charge is 0.263 e. The Morgan fingerprint density at radius 3 is 2.64 bits per heavy atom. The van der Waals surface area contributed by atoms with Crippen molar-refractivity contribution in [1.82, 2.24) is 5.32 Å². The maximum absolute atomic E-state index is 13.0. The van der Waals surface area contributed by atoms with E-state index in [1.54, 1.807) is 25.2 Å². The fourth-order valence-electron chi connectivity index (χ4n) is 2.59. The van der Waals surface area contributed by atoms with E-state index in [0.717, 1.165) is 6.42 Å². The number of nitrogens with one attached hydrogen (secondary N) is 1. The van der Waals surface area contributed by atoms with Crippen molar-refractivity contribution in [3.05, 3.63) is 65.3 Å². The third-order valence-corrected chi connectivity index (χ3v) is 4.99. The quantitative estimate of drug-likeness (QED) is 0.702. The molecule has 0 aliphatic carbocycles. The maximum atomic E-state index is 13.0. The van der Waals surface area contributed by atoms with Crippen molar-refractivity contribution in [3.63, 3.8) is 0 Å². The molecule has 5 heteroatoms. The Balaban J connectivity index is 1.56. The first-order chi connectivity index (χ1) is 12.0. The number of halogens is 1. The average molecular weight is 357 g/mol. The molecule has 0 radical (unpaired) electrons. The SMILES string of the molecule is CC(C)(Oc1ccc(F)cc1)C(=O)NCCc1csc2ccccc12. The summed E-state index contributed by atoms with van der Waals surface area (Å²) in [4.78, 5) is 12.4. The first kappa shape index (κ1) is 17.4. The van der Waals surface area contributed by atoms with Gasteiger partial charge in [-0.3, -0.25) is 4.79 Å². The molecule has 1 N–H and O–H groups in total. The summed E-state index contributed by atoms with van der Waals surface area (Å²) >= 11 is 1.71. The van der Waals surface area contributed by atoms with Gasteiger partial charge in [0, 0.05) is 11.2 Å². The lowest BCUT2D eigenvalue weighted by atomic mass is 10.1. The van der Waals surface area contributed by atoms with Gasteiger partial charge in [-0.05, 0) is 66.9 Å². The van der Waals surface area contributed by atoms with E-state index < -0.39 is 5.60 Å². The molecule has 3 nitrogen and oxygen atoms in total. The van der Waals surface area contributed by atoms with Crippen LogP contribution in [0, 0.1) is 5.82 Å². The third kappa shape index (κ3) is 4.17. The zero-order chi connectivity index (χ0) is 17.9. The van der Waals surface area contributed by atoms with Crippen molar-refractivity contribution in [2.45, 2.75) is 25.9 Å². The van der Waals surface area contributed by atoms with Gasteiger partial charge in [0.1, 0.15) is 11.6 Å². The molecule has 0 bridgehead atoms. The summed E-state index contributed by atoms with van der Waals surface area (Å²) in [5.74, 6) is -0.0701. The number of hydrogen-bond acceptors (Lipinski definition) is 3. The van der Waals surface area contributed by atoms with Gasteiger partial charge in [-0.25, -0.2) is 4.39 Å².